The molecule has 0 aromatic heterocycles. The van der Waals surface area contributed by atoms with Gasteiger partial charge in [-0.25, -0.2) is 0 Å². The lowest BCUT2D eigenvalue weighted by molar-refractivity contribution is -0.153. The van der Waals surface area contributed by atoms with Gasteiger partial charge in [0.25, 0.3) is 0 Å². The summed E-state index contributed by atoms with van der Waals surface area (Å²) in [4.78, 5) is 11.0. The maximum Gasteiger partial charge on any atom is 0.303 e. The summed E-state index contributed by atoms with van der Waals surface area (Å²) in [5, 5.41) is 0. The fraction of sp³-hybridized carbons (Fsp3) is 0.400. The van der Waals surface area contributed by atoms with Crippen LogP contribution in [0.25, 0.3) is 0 Å². The van der Waals surface area contributed by atoms with Crippen LogP contribution in [0.15, 0.2) is 36.4 Å². The quantitative estimate of drug-likeness (QED) is 0.620. The summed E-state index contributed by atoms with van der Waals surface area (Å²) in [6.07, 6.45) is 3.19. The molecule has 0 unspecified atom stereocenters. The van der Waals surface area contributed by atoms with E-state index in [1.165, 1.54) is 6.92 Å². The first-order chi connectivity index (χ1) is 9.10. The van der Waals surface area contributed by atoms with E-state index in [4.69, 9.17) is 14.2 Å². The summed E-state index contributed by atoms with van der Waals surface area (Å²) in [5.74, 6) is 0.516. The number of hydrogen-bond donors (Lipinski definition) is 0. The van der Waals surface area contributed by atoms with Crippen LogP contribution in [-0.2, 0) is 14.3 Å². The summed E-state index contributed by atoms with van der Waals surface area (Å²) in [6.45, 7) is 3.30. The summed E-state index contributed by atoms with van der Waals surface area (Å²) in [7, 11) is 1.64. The fourth-order valence-corrected chi connectivity index (χ4v) is 2.03. The van der Waals surface area contributed by atoms with E-state index in [9.17, 15) is 4.79 Å². The van der Waals surface area contributed by atoms with Crippen molar-refractivity contribution < 1.29 is 19.0 Å². The normalized spacial score (nSPS) is 25.9. The Bertz CT molecular complexity index is 464. The average Bonchev–Trinajstić information content (AvgIpc) is 2.41. The van der Waals surface area contributed by atoms with Crippen molar-refractivity contribution in [3.8, 4) is 5.75 Å². The summed E-state index contributed by atoms with van der Waals surface area (Å²) < 4.78 is 16.1. The number of carbonyl (C=O) groups is 1. The lowest BCUT2D eigenvalue weighted by Crippen LogP contribution is -2.33. The van der Waals surface area contributed by atoms with E-state index in [0.717, 1.165) is 11.3 Å². The van der Waals surface area contributed by atoms with Gasteiger partial charge < -0.3 is 14.2 Å². The van der Waals surface area contributed by atoms with E-state index < -0.39 is 0 Å². The van der Waals surface area contributed by atoms with Crippen molar-refractivity contribution in [3.63, 3.8) is 0 Å². The smallest absolute Gasteiger partial charge is 0.303 e. The Balaban J connectivity index is 2.08. The van der Waals surface area contributed by atoms with Gasteiger partial charge in [0.1, 0.15) is 18.0 Å². The highest BCUT2D eigenvalue weighted by atomic mass is 16.6. The molecule has 1 aromatic rings. The van der Waals surface area contributed by atoms with Gasteiger partial charge in [-0.05, 0) is 30.7 Å². The third-order valence-corrected chi connectivity index (χ3v) is 3.05. The molecule has 19 heavy (non-hydrogen) atoms. The molecule has 0 saturated heterocycles. The van der Waals surface area contributed by atoms with Crippen molar-refractivity contribution in [2.45, 2.75) is 32.2 Å². The van der Waals surface area contributed by atoms with Crippen LogP contribution in [0.2, 0.25) is 0 Å². The SMILES string of the molecule is COc1ccc([C@@H]2C=C[C@H](OC(C)=O)[C@@H](C)O2)cc1. The molecule has 2 rings (SSSR count). The van der Waals surface area contributed by atoms with Crippen molar-refractivity contribution in [1.29, 1.82) is 0 Å². The number of methoxy groups -OCH3 is 1. The first-order valence-electron chi connectivity index (χ1n) is 6.25. The first-order valence-corrected chi connectivity index (χ1v) is 6.25. The molecule has 0 spiro atoms. The van der Waals surface area contributed by atoms with E-state index in [-0.39, 0.29) is 24.3 Å². The molecule has 0 bridgehead atoms. The molecule has 0 saturated carbocycles. The largest absolute Gasteiger partial charge is 0.497 e. The van der Waals surface area contributed by atoms with Gasteiger partial charge in [-0.2, -0.15) is 0 Å². The fourth-order valence-electron chi connectivity index (χ4n) is 2.03. The predicted octanol–water partition coefficient (Wildman–Crippen LogP) is 2.64. The molecule has 102 valence electrons. The molecule has 4 heteroatoms. The molecule has 0 radical (unpaired) electrons. The van der Waals surface area contributed by atoms with Crippen LogP contribution < -0.4 is 4.74 Å². The van der Waals surface area contributed by atoms with Gasteiger partial charge in [0.15, 0.2) is 0 Å². The highest BCUT2D eigenvalue weighted by Crippen LogP contribution is 2.28. The topological polar surface area (TPSA) is 44.8 Å². The van der Waals surface area contributed by atoms with E-state index in [1.807, 2.05) is 43.3 Å². The van der Waals surface area contributed by atoms with Crippen LogP contribution in [0.1, 0.15) is 25.5 Å². The van der Waals surface area contributed by atoms with Gasteiger partial charge in [0.05, 0.1) is 13.2 Å². The van der Waals surface area contributed by atoms with Crippen LogP contribution in [0.4, 0.5) is 0 Å². The highest BCUT2D eigenvalue weighted by molar-refractivity contribution is 5.66. The number of carbonyl (C=O) groups excluding carboxylic acids is 1. The van der Waals surface area contributed by atoms with Gasteiger partial charge in [0.2, 0.25) is 0 Å². The second kappa shape index (κ2) is 5.89. The number of hydrogen-bond acceptors (Lipinski definition) is 4. The highest BCUT2D eigenvalue weighted by Gasteiger charge is 2.26. The molecule has 0 aliphatic carbocycles. The Morgan fingerprint density at radius 2 is 1.89 bits per heavy atom. The van der Waals surface area contributed by atoms with Gasteiger partial charge >= 0.3 is 5.97 Å². The van der Waals surface area contributed by atoms with Crippen molar-refractivity contribution >= 4 is 5.97 Å². The second-order valence-electron chi connectivity index (χ2n) is 4.49. The Kier molecular flexibility index (Phi) is 4.22. The van der Waals surface area contributed by atoms with Crippen LogP contribution >= 0.6 is 0 Å². The molecular weight excluding hydrogens is 244 g/mol. The molecule has 4 nitrogen and oxygen atoms in total. The Morgan fingerprint density at radius 1 is 1.21 bits per heavy atom. The standard InChI is InChI=1S/C15H18O4/c1-10-14(19-11(2)16)8-9-15(18-10)12-4-6-13(17-3)7-5-12/h4-10,14-15H,1-3H3/t10-,14+,15+/m1/s1. The summed E-state index contributed by atoms with van der Waals surface area (Å²) in [5.41, 5.74) is 1.05. The number of rotatable bonds is 3. The number of esters is 1. The minimum atomic E-state index is -0.313. The van der Waals surface area contributed by atoms with Crippen LogP contribution in [-0.4, -0.2) is 25.3 Å². The van der Waals surface area contributed by atoms with Gasteiger partial charge in [0, 0.05) is 6.92 Å². The van der Waals surface area contributed by atoms with Crippen molar-refractivity contribution in [3.05, 3.63) is 42.0 Å². The summed E-state index contributed by atoms with van der Waals surface area (Å²) >= 11 is 0. The van der Waals surface area contributed by atoms with Gasteiger partial charge in [-0.15, -0.1) is 0 Å². The Morgan fingerprint density at radius 3 is 2.42 bits per heavy atom. The average molecular weight is 262 g/mol. The molecule has 0 fully saturated rings. The minimum absolute atomic E-state index is 0.118. The molecule has 1 aliphatic rings. The molecule has 3 atom stereocenters. The third kappa shape index (κ3) is 3.35. The Hall–Kier alpha value is -1.81. The number of benzene rings is 1. The molecular formula is C15H18O4. The maximum absolute atomic E-state index is 11.0. The van der Waals surface area contributed by atoms with E-state index in [0.29, 0.717) is 0 Å². The van der Waals surface area contributed by atoms with E-state index in [2.05, 4.69) is 0 Å². The Labute approximate surface area is 113 Å². The zero-order valence-electron chi connectivity index (χ0n) is 11.3. The maximum atomic E-state index is 11.0. The first kappa shape index (κ1) is 13.6. The van der Waals surface area contributed by atoms with Crippen LogP contribution in [0, 0.1) is 0 Å². The predicted molar refractivity (Wildman–Crippen MR) is 71.0 cm³/mol. The second-order valence-corrected chi connectivity index (χ2v) is 4.49. The van der Waals surface area contributed by atoms with Gasteiger partial charge in [-0.3, -0.25) is 4.79 Å². The molecule has 0 amide bonds. The molecule has 1 heterocycles. The van der Waals surface area contributed by atoms with E-state index in [1.54, 1.807) is 7.11 Å². The lowest BCUT2D eigenvalue weighted by Gasteiger charge is -2.29. The zero-order chi connectivity index (χ0) is 13.8. The van der Waals surface area contributed by atoms with E-state index >= 15 is 0 Å². The summed E-state index contributed by atoms with van der Waals surface area (Å²) in [6, 6.07) is 7.73. The van der Waals surface area contributed by atoms with Crippen molar-refractivity contribution in [2.24, 2.45) is 0 Å². The lowest BCUT2D eigenvalue weighted by atomic mass is 10.0. The molecule has 1 aliphatic heterocycles. The van der Waals surface area contributed by atoms with Crippen LogP contribution in [0.3, 0.4) is 0 Å². The molecule has 0 N–H and O–H groups in total. The molecule has 1 aromatic carbocycles. The monoisotopic (exact) mass is 262 g/mol. The number of ether oxygens (including phenoxy) is 3. The van der Waals surface area contributed by atoms with Crippen molar-refractivity contribution in [2.75, 3.05) is 7.11 Å². The third-order valence-electron chi connectivity index (χ3n) is 3.05. The van der Waals surface area contributed by atoms with Crippen molar-refractivity contribution in [1.82, 2.24) is 0 Å². The zero-order valence-corrected chi connectivity index (χ0v) is 11.3. The van der Waals surface area contributed by atoms with Gasteiger partial charge in [-0.1, -0.05) is 18.2 Å². The minimum Gasteiger partial charge on any atom is -0.497 e. The van der Waals surface area contributed by atoms with Crippen LogP contribution in [0.5, 0.6) is 5.75 Å².